The molecular formula is C24H26N4O2S. The second kappa shape index (κ2) is 8.78. The molecule has 2 aliphatic rings. The molecule has 160 valence electrons. The summed E-state index contributed by atoms with van der Waals surface area (Å²) in [4.78, 5) is 23.5. The van der Waals surface area contributed by atoms with E-state index in [1.807, 2.05) is 36.4 Å². The van der Waals surface area contributed by atoms with Gasteiger partial charge in [0.1, 0.15) is 4.88 Å². The summed E-state index contributed by atoms with van der Waals surface area (Å²) in [6.07, 6.45) is 0. The number of nitrogens with one attached hydrogen (secondary N) is 1. The summed E-state index contributed by atoms with van der Waals surface area (Å²) in [5.41, 5.74) is 4.18. The number of ether oxygens (including phenoxy) is 1. The molecule has 6 nitrogen and oxygen atoms in total. The fraction of sp³-hybridized carbons (Fsp3) is 0.333. The van der Waals surface area contributed by atoms with Crippen LogP contribution in [-0.4, -0.2) is 55.7 Å². The monoisotopic (exact) mass is 434 g/mol. The molecule has 1 amide bonds. The molecular weight excluding hydrogens is 408 g/mol. The minimum atomic E-state index is -0.0639. The lowest BCUT2D eigenvalue weighted by Gasteiger charge is -2.32. The van der Waals surface area contributed by atoms with E-state index in [4.69, 9.17) is 9.72 Å². The lowest BCUT2D eigenvalue weighted by molar-refractivity contribution is 0.0926. The summed E-state index contributed by atoms with van der Waals surface area (Å²) in [7, 11) is 2.09. The summed E-state index contributed by atoms with van der Waals surface area (Å²) in [5, 5.41) is 4.18. The molecule has 0 aliphatic carbocycles. The Morgan fingerprint density at radius 3 is 2.65 bits per heavy atom. The normalized spacial score (nSPS) is 19.1. The number of hydrogen-bond donors (Lipinski definition) is 1. The molecule has 5 rings (SSSR count). The maximum Gasteiger partial charge on any atom is 0.264 e. The first-order valence-electron chi connectivity index (χ1n) is 10.6. The number of hydrogen-bond acceptors (Lipinski definition) is 6. The van der Waals surface area contributed by atoms with Gasteiger partial charge in [-0.25, -0.2) is 4.98 Å². The van der Waals surface area contributed by atoms with Gasteiger partial charge < -0.3 is 15.0 Å². The Kier molecular flexibility index (Phi) is 5.72. The maximum atomic E-state index is 13.5. The molecule has 0 bridgehead atoms. The van der Waals surface area contributed by atoms with Crippen LogP contribution in [0.15, 0.2) is 54.6 Å². The first-order chi connectivity index (χ1) is 15.2. The lowest BCUT2D eigenvalue weighted by Crippen LogP contribution is -2.40. The molecule has 0 spiro atoms. The van der Waals surface area contributed by atoms with E-state index in [-0.39, 0.29) is 11.9 Å². The SMILES string of the molecule is CN1Cc2ccccc2C(NC(=O)c2sc(N3CCOCC3)nc2-c2ccccc2)C1. The van der Waals surface area contributed by atoms with Gasteiger partial charge in [-0.1, -0.05) is 65.9 Å². The van der Waals surface area contributed by atoms with Crippen molar-refractivity contribution in [2.75, 3.05) is 44.8 Å². The van der Waals surface area contributed by atoms with E-state index in [9.17, 15) is 4.79 Å². The highest BCUT2D eigenvalue weighted by Gasteiger charge is 2.28. The zero-order valence-electron chi connectivity index (χ0n) is 17.6. The second-order valence-corrected chi connectivity index (χ2v) is 9.04. The summed E-state index contributed by atoms with van der Waals surface area (Å²) in [5.74, 6) is -0.0639. The Bertz CT molecular complexity index is 1060. The molecule has 0 saturated carbocycles. The number of nitrogens with zero attached hydrogens (tertiary/aromatic N) is 3. The van der Waals surface area contributed by atoms with Gasteiger partial charge in [0.15, 0.2) is 5.13 Å². The van der Waals surface area contributed by atoms with E-state index in [0.717, 1.165) is 42.6 Å². The van der Waals surface area contributed by atoms with Crippen molar-refractivity contribution in [3.63, 3.8) is 0 Å². The zero-order valence-corrected chi connectivity index (χ0v) is 18.4. The molecule has 7 heteroatoms. The smallest absolute Gasteiger partial charge is 0.264 e. The number of carbonyl (C=O) groups is 1. The van der Waals surface area contributed by atoms with Crippen LogP contribution >= 0.6 is 11.3 Å². The van der Waals surface area contributed by atoms with Crippen LogP contribution in [0.5, 0.6) is 0 Å². The highest BCUT2D eigenvalue weighted by Crippen LogP contribution is 2.34. The number of morpholine rings is 1. The summed E-state index contributed by atoms with van der Waals surface area (Å²) in [6, 6.07) is 18.3. The van der Waals surface area contributed by atoms with Crippen molar-refractivity contribution in [3.05, 3.63) is 70.6 Å². The minimum Gasteiger partial charge on any atom is -0.378 e. The van der Waals surface area contributed by atoms with Crippen molar-refractivity contribution in [2.45, 2.75) is 12.6 Å². The largest absolute Gasteiger partial charge is 0.378 e. The quantitative estimate of drug-likeness (QED) is 0.680. The van der Waals surface area contributed by atoms with Crippen LogP contribution in [-0.2, 0) is 11.3 Å². The van der Waals surface area contributed by atoms with Crippen LogP contribution < -0.4 is 10.2 Å². The van der Waals surface area contributed by atoms with Gasteiger partial charge in [-0.15, -0.1) is 0 Å². The number of likely N-dealkylation sites (N-methyl/N-ethyl adjacent to an activating group) is 1. The summed E-state index contributed by atoms with van der Waals surface area (Å²) >= 11 is 1.47. The molecule has 1 N–H and O–H groups in total. The zero-order chi connectivity index (χ0) is 21.2. The Morgan fingerprint density at radius 1 is 1.10 bits per heavy atom. The average Bonchev–Trinajstić information content (AvgIpc) is 3.26. The van der Waals surface area contributed by atoms with Gasteiger partial charge in [-0.05, 0) is 18.2 Å². The fourth-order valence-corrected chi connectivity index (χ4v) is 5.32. The number of anilines is 1. The standard InChI is InChI=1S/C24H26N4O2S/c1-27-15-18-9-5-6-10-19(18)20(16-27)25-23(29)22-21(17-7-3-2-4-8-17)26-24(31-22)28-11-13-30-14-12-28/h2-10,20H,11-16H2,1H3,(H,25,29). The second-order valence-electron chi connectivity index (χ2n) is 8.06. The summed E-state index contributed by atoms with van der Waals surface area (Å²) in [6.45, 7) is 4.66. The van der Waals surface area contributed by atoms with Crippen molar-refractivity contribution in [1.29, 1.82) is 0 Å². The van der Waals surface area contributed by atoms with Gasteiger partial charge in [0.05, 0.1) is 24.9 Å². The van der Waals surface area contributed by atoms with E-state index < -0.39 is 0 Å². The van der Waals surface area contributed by atoms with E-state index >= 15 is 0 Å². The van der Waals surface area contributed by atoms with Gasteiger partial charge in [-0.2, -0.15) is 0 Å². The van der Waals surface area contributed by atoms with Crippen molar-refractivity contribution in [3.8, 4) is 11.3 Å². The molecule has 1 aromatic heterocycles. The molecule has 2 aromatic carbocycles. The highest BCUT2D eigenvalue weighted by molar-refractivity contribution is 7.18. The van der Waals surface area contributed by atoms with Gasteiger partial charge in [0.25, 0.3) is 5.91 Å². The average molecular weight is 435 g/mol. The summed E-state index contributed by atoms with van der Waals surface area (Å²) < 4.78 is 5.49. The predicted molar refractivity (Wildman–Crippen MR) is 124 cm³/mol. The number of carbonyl (C=O) groups excluding carboxylic acids is 1. The van der Waals surface area contributed by atoms with Crippen LogP contribution in [0.2, 0.25) is 0 Å². The molecule has 2 aliphatic heterocycles. The van der Waals surface area contributed by atoms with Crippen molar-refractivity contribution >= 4 is 22.4 Å². The van der Waals surface area contributed by atoms with Gasteiger partial charge >= 0.3 is 0 Å². The molecule has 3 aromatic rings. The van der Waals surface area contributed by atoms with Gasteiger partial charge in [0, 0.05) is 31.7 Å². The Morgan fingerprint density at radius 2 is 1.84 bits per heavy atom. The Labute approximate surface area is 186 Å². The molecule has 1 saturated heterocycles. The molecule has 31 heavy (non-hydrogen) atoms. The number of thiazole rings is 1. The van der Waals surface area contributed by atoms with Crippen molar-refractivity contribution < 1.29 is 9.53 Å². The van der Waals surface area contributed by atoms with E-state index in [0.29, 0.717) is 18.1 Å². The lowest BCUT2D eigenvalue weighted by atomic mass is 9.95. The van der Waals surface area contributed by atoms with Crippen LogP contribution in [0.1, 0.15) is 26.8 Å². The predicted octanol–water partition coefficient (Wildman–Crippen LogP) is 3.56. The third-order valence-corrected chi connectivity index (χ3v) is 6.94. The number of rotatable bonds is 4. The Hall–Kier alpha value is -2.74. The van der Waals surface area contributed by atoms with Gasteiger partial charge in [0.2, 0.25) is 0 Å². The number of amides is 1. The third kappa shape index (κ3) is 4.21. The molecule has 1 unspecified atom stereocenters. The van der Waals surface area contributed by atoms with Crippen molar-refractivity contribution in [1.82, 2.24) is 15.2 Å². The molecule has 1 atom stereocenters. The number of aromatic nitrogens is 1. The van der Waals surface area contributed by atoms with E-state index in [1.54, 1.807) is 0 Å². The number of fused-ring (bicyclic) bond motifs is 1. The van der Waals surface area contributed by atoms with Crippen LogP contribution in [0, 0.1) is 0 Å². The topological polar surface area (TPSA) is 57.7 Å². The highest BCUT2D eigenvalue weighted by atomic mass is 32.1. The minimum absolute atomic E-state index is 0.0417. The molecule has 3 heterocycles. The Balaban J connectivity index is 1.47. The third-order valence-electron chi connectivity index (χ3n) is 5.82. The van der Waals surface area contributed by atoms with Crippen molar-refractivity contribution in [2.24, 2.45) is 0 Å². The van der Waals surface area contributed by atoms with E-state index in [1.165, 1.54) is 22.5 Å². The molecule has 0 radical (unpaired) electrons. The van der Waals surface area contributed by atoms with Crippen LogP contribution in [0.3, 0.4) is 0 Å². The molecule has 1 fully saturated rings. The van der Waals surface area contributed by atoms with Crippen LogP contribution in [0.25, 0.3) is 11.3 Å². The van der Waals surface area contributed by atoms with Crippen LogP contribution in [0.4, 0.5) is 5.13 Å². The fourth-order valence-electron chi connectivity index (χ4n) is 4.28. The van der Waals surface area contributed by atoms with Gasteiger partial charge in [-0.3, -0.25) is 9.69 Å². The van der Waals surface area contributed by atoms with E-state index in [2.05, 4.69) is 40.4 Å². The first kappa shape index (κ1) is 20.2. The number of benzene rings is 2. The first-order valence-corrected chi connectivity index (χ1v) is 11.5. The maximum absolute atomic E-state index is 13.5.